The van der Waals surface area contributed by atoms with Crippen LogP contribution < -0.4 is 15.4 Å². The van der Waals surface area contributed by atoms with E-state index in [0.29, 0.717) is 12.5 Å². The number of methoxy groups -OCH3 is 1. The molecule has 26 heavy (non-hydrogen) atoms. The van der Waals surface area contributed by atoms with E-state index in [9.17, 15) is 4.39 Å². The lowest BCUT2D eigenvalue weighted by atomic mass is 10.2. The molecule has 0 fully saturated rings. The fraction of sp³-hybridized carbons (Fsp3) is 0.444. The molecule has 2 N–H and O–H groups in total. The molecule has 1 aromatic heterocycles. The number of hydrogen-bond donors (Lipinski definition) is 2. The van der Waals surface area contributed by atoms with Gasteiger partial charge in [-0.2, -0.15) is 0 Å². The lowest BCUT2D eigenvalue weighted by Crippen LogP contribution is -2.38. The highest BCUT2D eigenvalue weighted by Gasteiger charge is 2.05. The standard InChI is InChI=1S/C18H25FN4OS.HI/c1-5-20-18(21-9-8-17-23-12(2)13(3)25-17)22-11-14-6-7-16(24-4)15(19)10-14;/h6-7,10H,5,8-9,11H2,1-4H3,(H2,20,21,22);1H. The molecule has 0 atom stereocenters. The Bertz CT molecular complexity index is 716. The number of nitrogens with one attached hydrogen (secondary N) is 2. The first-order valence-corrected chi connectivity index (χ1v) is 9.12. The molecule has 0 aliphatic rings. The number of halogens is 2. The minimum Gasteiger partial charge on any atom is -0.494 e. The van der Waals surface area contributed by atoms with Crippen molar-refractivity contribution in [1.29, 1.82) is 0 Å². The minimum absolute atomic E-state index is 0. The summed E-state index contributed by atoms with van der Waals surface area (Å²) in [5.41, 5.74) is 1.89. The summed E-state index contributed by atoms with van der Waals surface area (Å²) in [5, 5.41) is 7.61. The van der Waals surface area contributed by atoms with Gasteiger partial charge in [-0.1, -0.05) is 6.07 Å². The van der Waals surface area contributed by atoms with E-state index in [1.54, 1.807) is 17.4 Å². The molecule has 0 saturated carbocycles. The van der Waals surface area contributed by atoms with Crippen molar-refractivity contribution in [2.75, 3.05) is 20.2 Å². The Morgan fingerprint density at radius 3 is 2.65 bits per heavy atom. The first-order valence-electron chi connectivity index (χ1n) is 8.31. The molecule has 2 rings (SSSR count). The number of hydrogen-bond acceptors (Lipinski definition) is 4. The van der Waals surface area contributed by atoms with Gasteiger partial charge in [0.25, 0.3) is 0 Å². The van der Waals surface area contributed by atoms with E-state index >= 15 is 0 Å². The van der Waals surface area contributed by atoms with Crippen LogP contribution in [-0.2, 0) is 13.0 Å². The highest BCUT2D eigenvalue weighted by atomic mass is 127. The van der Waals surface area contributed by atoms with E-state index in [-0.39, 0.29) is 35.5 Å². The summed E-state index contributed by atoms with van der Waals surface area (Å²) < 4.78 is 18.7. The van der Waals surface area contributed by atoms with E-state index in [0.717, 1.165) is 35.8 Å². The van der Waals surface area contributed by atoms with Gasteiger partial charge >= 0.3 is 0 Å². The van der Waals surface area contributed by atoms with E-state index < -0.39 is 0 Å². The Morgan fingerprint density at radius 1 is 1.31 bits per heavy atom. The molecule has 2 aromatic rings. The number of aromatic nitrogens is 1. The Hall–Kier alpha value is -1.42. The van der Waals surface area contributed by atoms with Crippen molar-refractivity contribution >= 4 is 41.3 Å². The van der Waals surface area contributed by atoms with E-state index in [1.165, 1.54) is 18.1 Å². The number of aliphatic imine (C=N–C) groups is 1. The van der Waals surface area contributed by atoms with Gasteiger partial charge in [-0.05, 0) is 38.5 Å². The molecule has 0 bridgehead atoms. The number of nitrogens with zero attached hydrogens (tertiary/aromatic N) is 2. The van der Waals surface area contributed by atoms with Crippen molar-refractivity contribution < 1.29 is 9.13 Å². The number of ether oxygens (including phenoxy) is 1. The lowest BCUT2D eigenvalue weighted by molar-refractivity contribution is 0.386. The third kappa shape index (κ3) is 6.71. The summed E-state index contributed by atoms with van der Waals surface area (Å²) in [6.07, 6.45) is 0.848. The number of thiazole rings is 1. The van der Waals surface area contributed by atoms with Crippen LogP contribution in [0.5, 0.6) is 5.75 Å². The predicted molar refractivity (Wildman–Crippen MR) is 116 cm³/mol. The van der Waals surface area contributed by atoms with Crippen molar-refractivity contribution in [3.05, 3.63) is 45.2 Å². The summed E-state index contributed by atoms with van der Waals surface area (Å²) in [4.78, 5) is 10.3. The molecule has 0 unspecified atom stereocenters. The van der Waals surface area contributed by atoms with Crippen LogP contribution in [0.1, 0.15) is 28.1 Å². The zero-order valence-corrected chi connectivity index (χ0v) is 18.7. The fourth-order valence-electron chi connectivity index (χ4n) is 2.25. The lowest BCUT2D eigenvalue weighted by Gasteiger charge is -2.11. The second-order valence-electron chi connectivity index (χ2n) is 5.59. The van der Waals surface area contributed by atoms with E-state index in [2.05, 4.69) is 27.5 Å². The molecule has 0 spiro atoms. The van der Waals surface area contributed by atoms with Crippen LogP contribution in [0.15, 0.2) is 23.2 Å². The largest absolute Gasteiger partial charge is 0.494 e. The fourth-order valence-corrected chi connectivity index (χ4v) is 3.19. The van der Waals surface area contributed by atoms with Crippen LogP contribution in [0.3, 0.4) is 0 Å². The van der Waals surface area contributed by atoms with Crippen LogP contribution in [0.2, 0.25) is 0 Å². The van der Waals surface area contributed by atoms with E-state index in [4.69, 9.17) is 4.74 Å². The van der Waals surface area contributed by atoms with Gasteiger partial charge in [0.2, 0.25) is 0 Å². The number of aryl methyl sites for hydroxylation is 2. The highest BCUT2D eigenvalue weighted by molar-refractivity contribution is 14.0. The summed E-state index contributed by atoms with van der Waals surface area (Å²) in [6.45, 7) is 8.03. The van der Waals surface area contributed by atoms with Gasteiger partial charge < -0.3 is 15.4 Å². The third-order valence-electron chi connectivity index (χ3n) is 3.68. The van der Waals surface area contributed by atoms with Crippen LogP contribution in [-0.4, -0.2) is 31.1 Å². The molecule has 1 aromatic carbocycles. The normalized spacial score (nSPS) is 11.0. The van der Waals surface area contributed by atoms with Crippen LogP contribution in [0.4, 0.5) is 4.39 Å². The Labute approximate surface area is 175 Å². The third-order valence-corrected chi connectivity index (χ3v) is 4.82. The van der Waals surface area contributed by atoms with Crippen LogP contribution in [0.25, 0.3) is 0 Å². The van der Waals surface area contributed by atoms with Gasteiger partial charge in [0.1, 0.15) is 0 Å². The SMILES string of the molecule is CCNC(=NCc1ccc(OC)c(F)c1)NCCc1nc(C)c(C)s1.I. The number of rotatable bonds is 7. The monoisotopic (exact) mass is 492 g/mol. The van der Waals surface area contributed by atoms with Gasteiger partial charge in [0.05, 0.1) is 24.4 Å². The second-order valence-corrected chi connectivity index (χ2v) is 6.88. The molecule has 0 radical (unpaired) electrons. The predicted octanol–water partition coefficient (Wildman–Crippen LogP) is 3.82. The van der Waals surface area contributed by atoms with Gasteiger partial charge in [-0.25, -0.2) is 14.4 Å². The van der Waals surface area contributed by atoms with Crippen molar-refractivity contribution in [3.8, 4) is 5.75 Å². The molecule has 0 aliphatic carbocycles. The van der Waals surface area contributed by atoms with E-state index in [1.807, 2.05) is 19.9 Å². The summed E-state index contributed by atoms with van der Waals surface area (Å²) in [7, 11) is 1.45. The van der Waals surface area contributed by atoms with Gasteiger partial charge in [0, 0.05) is 24.4 Å². The Morgan fingerprint density at radius 2 is 2.08 bits per heavy atom. The molecular formula is C18H26FIN4OS. The maximum absolute atomic E-state index is 13.7. The number of benzene rings is 1. The molecule has 0 amide bonds. The summed E-state index contributed by atoms with van der Waals surface area (Å²) in [5.74, 6) is 0.582. The molecule has 8 heteroatoms. The topological polar surface area (TPSA) is 58.5 Å². The first-order chi connectivity index (χ1) is 12.0. The van der Waals surface area contributed by atoms with Gasteiger partial charge in [0.15, 0.2) is 17.5 Å². The van der Waals surface area contributed by atoms with Crippen molar-refractivity contribution in [2.45, 2.75) is 33.7 Å². The van der Waals surface area contributed by atoms with Gasteiger partial charge in [-0.15, -0.1) is 35.3 Å². The first kappa shape index (κ1) is 22.6. The Kier molecular flexibility index (Phi) is 9.85. The second kappa shape index (κ2) is 11.3. The summed E-state index contributed by atoms with van der Waals surface area (Å²) in [6, 6.07) is 4.89. The molecule has 5 nitrogen and oxygen atoms in total. The number of guanidine groups is 1. The average molecular weight is 492 g/mol. The Balaban J connectivity index is 0.00000338. The smallest absolute Gasteiger partial charge is 0.191 e. The molecular weight excluding hydrogens is 466 g/mol. The zero-order chi connectivity index (χ0) is 18.2. The molecule has 144 valence electrons. The van der Waals surface area contributed by atoms with Crippen molar-refractivity contribution in [3.63, 3.8) is 0 Å². The highest BCUT2D eigenvalue weighted by Crippen LogP contribution is 2.18. The van der Waals surface area contributed by atoms with Crippen LogP contribution >= 0.6 is 35.3 Å². The molecule has 0 aliphatic heterocycles. The molecule has 1 heterocycles. The minimum atomic E-state index is -0.373. The zero-order valence-electron chi connectivity index (χ0n) is 15.6. The van der Waals surface area contributed by atoms with Crippen molar-refractivity contribution in [1.82, 2.24) is 15.6 Å². The summed E-state index contributed by atoms with van der Waals surface area (Å²) >= 11 is 1.73. The van der Waals surface area contributed by atoms with Crippen molar-refractivity contribution in [2.24, 2.45) is 4.99 Å². The molecule has 0 saturated heterocycles. The maximum Gasteiger partial charge on any atom is 0.191 e. The maximum atomic E-state index is 13.7. The quantitative estimate of drug-likeness (QED) is 0.351. The average Bonchev–Trinajstić information content (AvgIpc) is 2.90. The van der Waals surface area contributed by atoms with Crippen LogP contribution in [0, 0.1) is 19.7 Å². The van der Waals surface area contributed by atoms with Gasteiger partial charge in [-0.3, -0.25) is 0 Å².